The molecule has 2 rings (SSSR count). The van der Waals surface area contributed by atoms with Gasteiger partial charge in [-0.05, 0) is 29.8 Å². The van der Waals surface area contributed by atoms with Crippen molar-refractivity contribution in [1.29, 1.82) is 0 Å². The number of methoxy groups -OCH3 is 1. The third-order valence-electron chi connectivity index (χ3n) is 2.57. The maximum absolute atomic E-state index is 6.14. The number of para-hydroxylation sites is 1. The van der Waals surface area contributed by atoms with Crippen LogP contribution in [0, 0.1) is 0 Å². The van der Waals surface area contributed by atoms with Crippen LogP contribution >= 0.6 is 23.4 Å². The van der Waals surface area contributed by atoms with Crippen molar-refractivity contribution in [3.8, 4) is 5.75 Å². The first kappa shape index (κ1) is 13.3. The van der Waals surface area contributed by atoms with Gasteiger partial charge >= 0.3 is 0 Å². The molecule has 94 valence electrons. The second kappa shape index (κ2) is 6.14. The molecule has 2 N–H and O–H groups in total. The van der Waals surface area contributed by atoms with Crippen molar-refractivity contribution in [3.63, 3.8) is 0 Å². The first-order valence-electron chi connectivity index (χ1n) is 5.54. The predicted octanol–water partition coefficient (Wildman–Crippen LogP) is 3.96. The highest BCUT2D eigenvalue weighted by molar-refractivity contribution is 7.99. The van der Waals surface area contributed by atoms with E-state index in [1.54, 1.807) is 18.9 Å². The highest BCUT2D eigenvalue weighted by Gasteiger charge is 2.09. The molecule has 2 aromatic carbocycles. The highest BCUT2D eigenvalue weighted by Crippen LogP contribution is 2.37. The fourth-order valence-electron chi connectivity index (χ4n) is 1.65. The monoisotopic (exact) mass is 279 g/mol. The Balaban J connectivity index is 2.37. The van der Waals surface area contributed by atoms with Gasteiger partial charge in [0.15, 0.2) is 0 Å². The van der Waals surface area contributed by atoms with Crippen LogP contribution in [0.5, 0.6) is 5.75 Å². The zero-order valence-electron chi connectivity index (χ0n) is 10.0. The lowest BCUT2D eigenvalue weighted by Gasteiger charge is -2.11. The van der Waals surface area contributed by atoms with Crippen LogP contribution in [-0.2, 0) is 6.54 Å². The van der Waals surface area contributed by atoms with E-state index in [1.807, 2.05) is 42.5 Å². The van der Waals surface area contributed by atoms with Gasteiger partial charge in [0.05, 0.1) is 12.0 Å². The average Bonchev–Trinajstić information content (AvgIpc) is 2.40. The Morgan fingerprint density at radius 3 is 2.56 bits per heavy atom. The van der Waals surface area contributed by atoms with Gasteiger partial charge in [0.25, 0.3) is 0 Å². The van der Waals surface area contributed by atoms with Gasteiger partial charge in [0.2, 0.25) is 0 Å². The Bertz CT molecular complexity index is 545. The summed E-state index contributed by atoms with van der Waals surface area (Å²) < 4.78 is 5.34. The molecule has 4 heteroatoms. The standard InChI is InChI=1S/C14H14ClNOS/c1-17-12-6-2-3-7-14(12)18-13-8-4-5-11(15)10(13)9-16/h2-8H,9,16H2,1H3. The summed E-state index contributed by atoms with van der Waals surface area (Å²) in [5, 5.41) is 0.706. The Morgan fingerprint density at radius 1 is 1.11 bits per heavy atom. The van der Waals surface area contributed by atoms with Crippen LogP contribution in [0.3, 0.4) is 0 Å². The second-order valence-corrected chi connectivity index (χ2v) is 5.16. The van der Waals surface area contributed by atoms with Crippen molar-refractivity contribution >= 4 is 23.4 Å². The molecule has 0 fully saturated rings. The molecule has 0 saturated carbocycles. The third kappa shape index (κ3) is 2.80. The van der Waals surface area contributed by atoms with E-state index in [0.717, 1.165) is 21.1 Å². The summed E-state index contributed by atoms with van der Waals surface area (Å²) >= 11 is 7.76. The zero-order chi connectivity index (χ0) is 13.0. The Hall–Kier alpha value is -1.16. The van der Waals surface area contributed by atoms with Crippen molar-refractivity contribution in [2.24, 2.45) is 5.73 Å². The summed E-state index contributed by atoms with van der Waals surface area (Å²) in [4.78, 5) is 2.12. The lowest BCUT2D eigenvalue weighted by Crippen LogP contribution is -1.99. The molecule has 2 nitrogen and oxygen atoms in total. The largest absolute Gasteiger partial charge is 0.496 e. The fraction of sp³-hybridized carbons (Fsp3) is 0.143. The number of ether oxygens (including phenoxy) is 1. The number of halogens is 1. The van der Waals surface area contributed by atoms with Crippen LogP contribution in [-0.4, -0.2) is 7.11 Å². The first-order valence-corrected chi connectivity index (χ1v) is 6.74. The second-order valence-electron chi connectivity index (χ2n) is 3.67. The summed E-state index contributed by atoms with van der Waals surface area (Å²) in [6.45, 7) is 0.428. The lowest BCUT2D eigenvalue weighted by molar-refractivity contribution is 0.405. The highest BCUT2D eigenvalue weighted by atomic mass is 35.5. The molecule has 0 heterocycles. The van der Waals surface area contributed by atoms with Gasteiger partial charge in [-0.1, -0.05) is 41.6 Å². The van der Waals surface area contributed by atoms with Crippen LogP contribution < -0.4 is 10.5 Å². The average molecular weight is 280 g/mol. The Labute approximate surface area is 116 Å². The first-order chi connectivity index (χ1) is 8.76. The molecular formula is C14H14ClNOS. The van der Waals surface area contributed by atoms with Crippen LogP contribution in [0.2, 0.25) is 5.02 Å². The van der Waals surface area contributed by atoms with E-state index in [2.05, 4.69) is 0 Å². The molecule has 0 saturated heterocycles. The van der Waals surface area contributed by atoms with E-state index in [4.69, 9.17) is 22.1 Å². The molecule has 0 atom stereocenters. The maximum atomic E-state index is 6.14. The van der Waals surface area contributed by atoms with Gasteiger partial charge in [-0.3, -0.25) is 0 Å². The van der Waals surface area contributed by atoms with Gasteiger partial charge in [0.1, 0.15) is 5.75 Å². The molecule has 0 unspecified atom stereocenters. The van der Waals surface area contributed by atoms with Crippen molar-refractivity contribution in [3.05, 3.63) is 53.1 Å². The summed E-state index contributed by atoms with van der Waals surface area (Å²) in [7, 11) is 1.67. The molecule has 0 aromatic heterocycles. The van der Waals surface area contributed by atoms with Gasteiger partial charge in [-0.15, -0.1) is 0 Å². The SMILES string of the molecule is COc1ccccc1Sc1cccc(Cl)c1CN. The topological polar surface area (TPSA) is 35.2 Å². The molecule has 0 spiro atoms. The maximum Gasteiger partial charge on any atom is 0.132 e. The number of rotatable bonds is 4. The van der Waals surface area contributed by atoms with E-state index in [-0.39, 0.29) is 0 Å². The van der Waals surface area contributed by atoms with Crippen LogP contribution in [0.15, 0.2) is 52.3 Å². The molecular weight excluding hydrogens is 266 g/mol. The molecule has 18 heavy (non-hydrogen) atoms. The van der Waals surface area contributed by atoms with Crippen LogP contribution in [0.25, 0.3) is 0 Å². The Kier molecular flexibility index (Phi) is 4.53. The van der Waals surface area contributed by atoms with Crippen molar-refractivity contribution < 1.29 is 4.74 Å². The number of nitrogens with two attached hydrogens (primary N) is 1. The van der Waals surface area contributed by atoms with Gasteiger partial charge in [-0.25, -0.2) is 0 Å². The van der Waals surface area contributed by atoms with E-state index in [0.29, 0.717) is 11.6 Å². The smallest absolute Gasteiger partial charge is 0.132 e. The van der Waals surface area contributed by atoms with E-state index in [1.165, 1.54) is 0 Å². The Morgan fingerprint density at radius 2 is 1.83 bits per heavy atom. The zero-order valence-corrected chi connectivity index (χ0v) is 11.6. The minimum absolute atomic E-state index is 0.428. The summed E-state index contributed by atoms with van der Waals surface area (Å²) in [6.07, 6.45) is 0. The summed E-state index contributed by atoms with van der Waals surface area (Å²) in [6, 6.07) is 13.7. The number of benzene rings is 2. The molecule has 0 aliphatic heterocycles. The molecule has 0 bridgehead atoms. The third-order valence-corrected chi connectivity index (χ3v) is 4.08. The van der Waals surface area contributed by atoms with Gasteiger partial charge < -0.3 is 10.5 Å². The molecule has 0 amide bonds. The quantitative estimate of drug-likeness (QED) is 0.920. The predicted molar refractivity (Wildman–Crippen MR) is 76.5 cm³/mol. The lowest BCUT2D eigenvalue weighted by atomic mass is 10.2. The summed E-state index contributed by atoms with van der Waals surface area (Å²) in [5.41, 5.74) is 6.71. The fourth-order valence-corrected chi connectivity index (χ4v) is 3.06. The summed E-state index contributed by atoms with van der Waals surface area (Å²) in [5.74, 6) is 0.852. The van der Waals surface area contributed by atoms with Crippen molar-refractivity contribution in [1.82, 2.24) is 0 Å². The van der Waals surface area contributed by atoms with E-state index in [9.17, 15) is 0 Å². The molecule has 0 aliphatic carbocycles. The number of hydrogen-bond donors (Lipinski definition) is 1. The van der Waals surface area contributed by atoms with Crippen LogP contribution in [0.4, 0.5) is 0 Å². The van der Waals surface area contributed by atoms with Gasteiger partial charge in [-0.2, -0.15) is 0 Å². The minimum atomic E-state index is 0.428. The molecule has 2 aromatic rings. The van der Waals surface area contributed by atoms with E-state index < -0.39 is 0 Å². The molecule has 0 aliphatic rings. The van der Waals surface area contributed by atoms with Crippen molar-refractivity contribution in [2.45, 2.75) is 16.3 Å². The normalized spacial score (nSPS) is 10.4. The van der Waals surface area contributed by atoms with E-state index >= 15 is 0 Å². The van der Waals surface area contributed by atoms with Gasteiger partial charge in [0, 0.05) is 16.5 Å². The van der Waals surface area contributed by atoms with Crippen molar-refractivity contribution in [2.75, 3.05) is 7.11 Å². The molecule has 0 radical (unpaired) electrons. The number of hydrogen-bond acceptors (Lipinski definition) is 3. The van der Waals surface area contributed by atoms with Crippen LogP contribution in [0.1, 0.15) is 5.56 Å². The minimum Gasteiger partial charge on any atom is -0.496 e.